The van der Waals surface area contributed by atoms with Crippen molar-refractivity contribution in [2.45, 2.75) is 0 Å². The number of aromatic amines is 2. The number of aliphatic imine (C=N–C) groups is 2. The van der Waals surface area contributed by atoms with Crippen LogP contribution in [0.2, 0.25) is 0 Å². The van der Waals surface area contributed by atoms with Crippen LogP contribution in [-0.4, -0.2) is 22.6 Å². The van der Waals surface area contributed by atoms with Crippen LogP contribution in [0, 0.1) is 0 Å². The second kappa shape index (κ2) is 3.75. The summed E-state index contributed by atoms with van der Waals surface area (Å²) in [7, 11) is 0. The van der Waals surface area contributed by atoms with Crippen molar-refractivity contribution < 1.29 is 4.42 Å². The lowest BCUT2D eigenvalue weighted by Crippen LogP contribution is -2.01. The molecule has 6 nitrogen and oxygen atoms in total. The smallest absolute Gasteiger partial charge is 0.272 e. The van der Waals surface area contributed by atoms with Crippen LogP contribution < -0.4 is 5.56 Å². The van der Waals surface area contributed by atoms with Gasteiger partial charge in [0.15, 0.2) is 11.6 Å². The summed E-state index contributed by atoms with van der Waals surface area (Å²) >= 11 is 0. The quantitative estimate of drug-likeness (QED) is 0.814. The van der Waals surface area contributed by atoms with Gasteiger partial charge in [-0.1, -0.05) is 0 Å². The summed E-state index contributed by atoms with van der Waals surface area (Å²) in [6, 6.07) is 3.52. The van der Waals surface area contributed by atoms with Gasteiger partial charge >= 0.3 is 0 Å². The highest BCUT2D eigenvalue weighted by molar-refractivity contribution is 6.18. The van der Waals surface area contributed by atoms with E-state index in [1.807, 2.05) is 0 Å². The monoisotopic (exact) mass is 228 g/mol. The van der Waals surface area contributed by atoms with Crippen molar-refractivity contribution in [3.8, 4) is 11.5 Å². The topological polar surface area (TPSA) is 86.5 Å². The molecule has 0 aromatic carbocycles. The Morgan fingerprint density at radius 2 is 2.06 bits per heavy atom. The van der Waals surface area contributed by atoms with Gasteiger partial charge in [0.25, 0.3) is 5.56 Å². The Bertz CT molecular complexity index is 657. The highest BCUT2D eigenvalue weighted by atomic mass is 16.3. The molecule has 1 aliphatic heterocycles. The maximum absolute atomic E-state index is 11.6. The molecule has 3 rings (SSSR count). The average molecular weight is 228 g/mol. The minimum atomic E-state index is -0.235. The molecule has 2 aromatic rings. The van der Waals surface area contributed by atoms with E-state index in [4.69, 9.17) is 4.42 Å². The van der Waals surface area contributed by atoms with Gasteiger partial charge in [-0.2, -0.15) is 0 Å². The number of nitrogens with one attached hydrogen (secondary N) is 2. The minimum absolute atomic E-state index is 0.235. The van der Waals surface area contributed by atoms with Gasteiger partial charge in [-0.25, -0.2) is 9.98 Å². The first kappa shape index (κ1) is 9.59. The van der Waals surface area contributed by atoms with Crippen molar-refractivity contribution in [3.05, 3.63) is 40.1 Å². The molecular formula is C11H8N4O2. The van der Waals surface area contributed by atoms with Crippen molar-refractivity contribution in [2.75, 3.05) is 0 Å². The molecule has 0 saturated heterocycles. The first-order valence-electron chi connectivity index (χ1n) is 4.97. The van der Waals surface area contributed by atoms with Gasteiger partial charge in [0, 0.05) is 12.4 Å². The highest BCUT2D eigenvalue weighted by Crippen LogP contribution is 2.21. The van der Waals surface area contributed by atoms with E-state index in [0.717, 1.165) is 0 Å². The largest absolute Gasteiger partial charge is 0.463 e. The molecule has 0 spiro atoms. The molecule has 0 saturated carbocycles. The fraction of sp³-hybridized carbons (Fsp3) is 0. The van der Waals surface area contributed by atoms with E-state index >= 15 is 0 Å². The van der Waals surface area contributed by atoms with Crippen molar-refractivity contribution in [2.24, 2.45) is 9.98 Å². The zero-order valence-corrected chi connectivity index (χ0v) is 8.68. The fourth-order valence-corrected chi connectivity index (χ4v) is 1.58. The van der Waals surface area contributed by atoms with Gasteiger partial charge in [-0.3, -0.25) is 15.0 Å². The predicted molar refractivity (Wildman–Crippen MR) is 64.1 cm³/mol. The highest BCUT2D eigenvalue weighted by Gasteiger charge is 2.13. The van der Waals surface area contributed by atoms with Crippen molar-refractivity contribution >= 4 is 18.5 Å². The van der Waals surface area contributed by atoms with Crippen LogP contribution in [0.15, 0.2) is 43.4 Å². The number of furan rings is 1. The number of hydrogen-bond donors (Lipinski definition) is 2. The first-order chi connectivity index (χ1) is 8.34. The van der Waals surface area contributed by atoms with E-state index in [-0.39, 0.29) is 5.56 Å². The summed E-state index contributed by atoms with van der Waals surface area (Å²) in [5.74, 6) is 1.07. The molecule has 0 atom stereocenters. The lowest BCUT2D eigenvalue weighted by atomic mass is 10.2. The third kappa shape index (κ3) is 1.65. The van der Waals surface area contributed by atoms with Crippen LogP contribution in [0.3, 0.4) is 0 Å². The van der Waals surface area contributed by atoms with Gasteiger partial charge in [-0.05, 0) is 18.2 Å². The number of nitrogens with zero attached hydrogens (tertiary/aromatic N) is 2. The van der Waals surface area contributed by atoms with Gasteiger partial charge in [0.1, 0.15) is 5.69 Å². The number of H-pyrrole nitrogens is 2. The van der Waals surface area contributed by atoms with E-state index < -0.39 is 0 Å². The van der Waals surface area contributed by atoms with Gasteiger partial charge < -0.3 is 4.42 Å². The summed E-state index contributed by atoms with van der Waals surface area (Å²) in [6.07, 6.45) is 6.29. The molecule has 2 aromatic heterocycles. The van der Waals surface area contributed by atoms with Crippen LogP contribution in [0.1, 0.15) is 5.56 Å². The summed E-state index contributed by atoms with van der Waals surface area (Å²) in [6.45, 7) is 0. The zero-order valence-electron chi connectivity index (χ0n) is 8.68. The standard InChI is InChI=1S/C11H8N4O2/c16-11-7(6-9-12-3-4-13-9)10(14-15-11)8-2-1-5-17-8/h1-6H,(H2,14,15,16). The summed E-state index contributed by atoms with van der Waals surface area (Å²) in [4.78, 5) is 19.6. The molecular weight excluding hydrogens is 220 g/mol. The van der Waals surface area contributed by atoms with Crippen LogP contribution in [-0.2, 0) is 0 Å². The molecule has 0 radical (unpaired) electrons. The third-order valence-corrected chi connectivity index (χ3v) is 2.34. The molecule has 1 aliphatic rings. The molecule has 0 bridgehead atoms. The van der Waals surface area contributed by atoms with Crippen LogP contribution in [0.25, 0.3) is 17.5 Å². The van der Waals surface area contributed by atoms with E-state index in [1.54, 1.807) is 36.9 Å². The molecule has 0 aliphatic carbocycles. The maximum atomic E-state index is 11.6. The summed E-state index contributed by atoms with van der Waals surface area (Å²) in [5, 5.41) is 5.28. The normalized spacial score (nSPS) is 13.5. The Morgan fingerprint density at radius 1 is 1.24 bits per heavy atom. The minimum Gasteiger partial charge on any atom is -0.463 e. The molecule has 3 heterocycles. The van der Waals surface area contributed by atoms with E-state index in [9.17, 15) is 4.79 Å². The van der Waals surface area contributed by atoms with Gasteiger partial charge in [-0.15, -0.1) is 0 Å². The molecule has 2 N–H and O–H groups in total. The Labute approximate surface area is 95.4 Å². The third-order valence-electron chi connectivity index (χ3n) is 2.34. The Morgan fingerprint density at radius 3 is 2.76 bits per heavy atom. The molecule has 0 fully saturated rings. The molecule has 6 heteroatoms. The Hall–Kier alpha value is -2.63. The van der Waals surface area contributed by atoms with E-state index in [0.29, 0.717) is 22.8 Å². The molecule has 0 unspecified atom stereocenters. The average Bonchev–Trinajstić information content (AvgIpc) is 3.03. The SMILES string of the molecule is O=c1[nH][nH]c(-c2ccco2)c1C=C1N=CC=N1. The maximum Gasteiger partial charge on any atom is 0.272 e. The van der Waals surface area contributed by atoms with Crippen molar-refractivity contribution in [1.29, 1.82) is 0 Å². The first-order valence-corrected chi connectivity index (χ1v) is 4.97. The van der Waals surface area contributed by atoms with Crippen LogP contribution in [0.5, 0.6) is 0 Å². The number of hydrogen-bond acceptors (Lipinski definition) is 4. The Balaban J connectivity index is 2.13. The van der Waals surface area contributed by atoms with Crippen molar-refractivity contribution in [3.63, 3.8) is 0 Å². The fourth-order valence-electron chi connectivity index (χ4n) is 1.58. The van der Waals surface area contributed by atoms with E-state index in [2.05, 4.69) is 20.2 Å². The number of aromatic nitrogens is 2. The molecule has 84 valence electrons. The second-order valence-electron chi connectivity index (χ2n) is 3.40. The lowest BCUT2D eigenvalue weighted by Gasteiger charge is -1.93. The Kier molecular flexibility index (Phi) is 2.11. The van der Waals surface area contributed by atoms with E-state index in [1.165, 1.54) is 0 Å². The lowest BCUT2D eigenvalue weighted by molar-refractivity contribution is 0.579. The zero-order chi connectivity index (χ0) is 11.7. The summed E-state index contributed by atoms with van der Waals surface area (Å²) in [5.41, 5.74) is 0.803. The molecule has 0 amide bonds. The van der Waals surface area contributed by atoms with Crippen LogP contribution >= 0.6 is 0 Å². The predicted octanol–water partition coefficient (Wildman–Crippen LogP) is 1.42. The van der Waals surface area contributed by atoms with Crippen LogP contribution in [0.4, 0.5) is 0 Å². The molecule has 17 heavy (non-hydrogen) atoms. The van der Waals surface area contributed by atoms with Gasteiger partial charge in [0.2, 0.25) is 0 Å². The van der Waals surface area contributed by atoms with Crippen molar-refractivity contribution in [1.82, 2.24) is 10.2 Å². The second-order valence-corrected chi connectivity index (χ2v) is 3.40. The number of rotatable bonds is 2. The summed E-state index contributed by atoms with van der Waals surface area (Å²) < 4.78 is 5.24. The van der Waals surface area contributed by atoms with Gasteiger partial charge in [0.05, 0.1) is 11.8 Å².